The van der Waals surface area contributed by atoms with E-state index in [-0.39, 0.29) is 5.91 Å². The fourth-order valence-corrected chi connectivity index (χ4v) is 5.68. The lowest BCUT2D eigenvalue weighted by atomic mass is 9.97. The van der Waals surface area contributed by atoms with E-state index >= 15 is 0 Å². The molecule has 0 saturated carbocycles. The summed E-state index contributed by atoms with van der Waals surface area (Å²) in [5, 5.41) is 7.61. The van der Waals surface area contributed by atoms with Crippen molar-refractivity contribution in [2.24, 2.45) is 10.1 Å². The van der Waals surface area contributed by atoms with Gasteiger partial charge in [-0.05, 0) is 66.4 Å². The second kappa shape index (κ2) is 9.55. The van der Waals surface area contributed by atoms with Gasteiger partial charge >= 0.3 is 11.9 Å². The normalized spacial score (nSPS) is 15.8. The quantitative estimate of drug-likeness (QED) is 0.219. The van der Waals surface area contributed by atoms with Crippen molar-refractivity contribution in [3.8, 4) is 0 Å². The molecule has 0 atom stereocenters. The maximum atomic E-state index is 13.0. The third kappa shape index (κ3) is 4.27. The van der Waals surface area contributed by atoms with Gasteiger partial charge in [-0.1, -0.05) is 53.7 Å². The maximum absolute atomic E-state index is 13.0. The number of ether oxygens (including phenoxy) is 1. The molecule has 0 unspecified atom stereocenters. The van der Waals surface area contributed by atoms with Crippen molar-refractivity contribution in [3.05, 3.63) is 101 Å². The molecule has 0 radical (unpaired) electrons. The predicted molar refractivity (Wildman–Crippen MR) is 147 cm³/mol. The van der Waals surface area contributed by atoms with Gasteiger partial charge in [-0.15, -0.1) is 0 Å². The number of carbonyl (C=O) groups excluding carboxylic acids is 3. The minimum absolute atomic E-state index is 0.299. The molecule has 6 rings (SSSR count). The average molecular weight is 540 g/mol. The topological polar surface area (TPSA) is 88.4 Å². The summed E-state index contributed by atoms with van der Waals surface area (Å²) in [5.41, 5.74) is 3.12. The summed E-state index contributed by atoms with van der Waals surface area (Å²) in [6.45, 7) is 2.06. The van der Waals surface area contributed by atoms with E-state index in [9.17, 15) is 14.4 Å². The summed E-state index contributed by atoms with van der Waals surface area (Å²) < 4.78 is 4.86. The Balaban J connectivity index is 1.25. The Kier molecular flexibility index (Phi) is 6.06. The second-order valence-electron chi connectivity index (χ2n) is 8.71. The number of amides is 1. The smallest absolute Gasteiger partial charge is 0.346 e. The van der Waals surface area contributed by atoms with Crippen molar-refractivity contribution in [2.75, 3.05) is 5.01 Å². The third-order valence-electron chi connectivity index (χ3n) is 6.21. The number of aliphatic imine (C=N–C) groups is 1. The fourth-order valence-electron chi connectivity index (χ4n) is 4.47. The van der Waals surface area contributed by atoms with Crippen LogP contribution in [0.2, 0.25) is 5.02 Å². The number of cyclic esters (lactones) is 2. The summed E-state index contributed by atoms with van der Waals surface area (Å²) in [7, 11) is 0. The molecule has 0 fully saturated rings. The van der Waals surface area contributed by atoms with Crippen molar-refractivity contribution < 1.29 is 19.1 Å². The van der Waals surface area contributed by atoms with Gasteiger partial charge in [0.25, 0.3) is 5.91 Å². The van der Waals surface area contributed by atoms with Gasteiger partial charge < -0.3 is 4.74 Å². The first-order valence-corrected chi connectivity index (χ1v) is 12.9. The fraction of sp³-hybridized carbons (Fsp3) is 0.0690. The van der Waals surface area contributed by atoms with E-state index in [1.165, 1.54) is 16.8 Å². The molecule has 2 aliphatic rings. The van der Waals surface area contributed by atoms with Crippen LogP contribution in [0.4, 0.5) is 5.69 Å². The summed E-state index contributed by atoms with van der Waals surface area (Å²) in [6.07, 6.45) is 0. The molecule has 0 bridgehead atoms. The van der Waals surface area contributed by atoms with E-state index in [4.69, 9.17) is 16.3 Å². The van der Waals surface area contributed by atoms with Crippen LogP contribution in [0.25, 0.3) is 10.8 Å². The van der Waals surface area contributed by atoms with E-state index in [0.29, 0.717) is 45.2 Å². The van der Waals surface area contributed by atoms with Crippen LogP contribution in [0.5, 0.6) is 0 Å². The molecule has 38 heavy (non-hydrogen) atoms. The van der Waals surface area contributed by atoms with Gasteiger partial charge in [-0.25, -0.2) is 9.59 Å². The lowest BCUT2D eigenvalue weighted by Gasteiger charge is -2.17. The number of halogens is 1. The molecule has 0 spiro atoms. The minimum atomic E-state index is -0.634. The van der Waals surface area contributed by atoms with Crippen LogP contribution >= 0.6 is 23.4 Å². The van der Waals surface area contributed by atoms with Crippen molar-refractivity contribution >= 4 is 69.1 Å². The van der Waals surface area contributed by atoms with Gasteiger partial charge in [0, 0.05) is 20.2 Å². The van der Waals surface area contributed by atoms with Gasteiger partial charge in [-0.2, -0.15) is 10.1 Å². The number of nitrogens with zero attached hydrogens (tertiary/aromatic N) is 3. The van der Waals surface area contributed by atoms with Crippen molar-refractivity contribution in [1.29, 1.82) is 0 Å². The molecule has 0 aliphatic carbocycles. The van der Waals surface area contributed by atoms with Crippen LogP contribution in [0.3, 0.4) is 0 Å². The monoisotopic (exact) mass is 539 g/mol. The van der Waals surface area contributed by atoms with Crippen LogP contribution in [-0.4, -0.2) is 29.3 Å². The Morgan fingerprint density at radius 1 is 0.921 bits per heavy atom. The van der Waals surface area contributed by atoms with Gasteiger partial charge in [0.05, 0.1) is 29.1 Å². The van der Waals surface area contributed by atoms with Gasteiger partial charge in [-0.3, -0.25) is 9.79 Å². The number of hydrogen-bond donors (Lipinski definition) is 0. The van der Waals surface area contributed by atoms with E-state index in [1.54, 1.807) is 49.4 Å². The first kappa shape index (κ1) is 24.1. The first-order valence-electron chi connectivity index (χ1n) is 11.7. The molecule has 0 N–H and O–H groups in total. The van der Waals surface area contributed by atoms with E-state index < -0.39 is 11.9 Å². The SMILES string of the molecule is CC1=NN(c2cccc(Cl)c2)C(=O)C1=NCc1cccc(Sc2ccc3c4c(cccc24)C(=O)OC3=O)c1. The molecular formula is C29H18ClN3O4S. The number of hydrazone groups is 1. The highest BCUT2D eigenvalue weighted by Gasteiger charge is 2.30. The van der Waals surface area contributed by atoms with Gasteiger partial charge in [0.1, 0.15) is 5.71 Å². The summed E-state index contributed by atoms with van der Waals surface area (Å²) in [5.74, 6) is -1.57. The second-order valence-corrected chi connectivity index (χ2v) is 10.3. The van der Waals surface area contributed by atoms with Crippen LogP contribution in [-0.2, 0) is 16.1 Å². The number of hydrogen-bond acceptors (Lipinski definition) is 7. The molecule has 186 valence electrons. The molecule has 0 saturated heterocycles. The largest absolute Gasteiger partial charge is 0.386 e. The van der Waals surface area contributed by atoms with Crippen LogP contribution in [0.15, 0.2) is 98.7 Å². The highest BCUT2D eigenvalue weighted by molar-refractivity contribution is 7.99. The number of benzene rings is 4. The maximum Gasteiger partial charge on any atom is 0.346 e. The van der Waals surface area contributed by atoms with Crippen LogP contribution in [0.1, 0.15) is 33.2 Å². The third-order valence-corrected chi connectivity index (χ3v) is 7.51. The zero-order valence-corrected chi connectivity index (χ0v) is 21.5. The highest BCUT2D eigenvalue weighted by atomic mass is 35.5. The Morgan fingerprint density at radius 2 is 1.68 bits per heavy atom. The summed E-state index contributed by atoms with van der Waals surface area (Å²) in [6, 6.07) is 23.7. The number of anilines is 1. The molecule has 2 aliphatic heterocycles. The number of rotatable bonds is 5. The first-order chi connectivity index (χ1) is 18.4. The van der Waals surface area contributed by atoms with Crippen molar-refractivity contribution in [1.82, 2.24) is 0 Å². The summed E-state index contributed by atoms with van der Waals surface area (Å²) >= 11 is 7.59. The Labute approximate surface area is 226 Å². The molecule has 9 heteroatoms. The number of carbonyl (C=O) groups is 3. The standard InChI is InChI=1S/C29H18ClN3O4S/c1-16-26(27(34)33(32-16)19-7-3-6-18(30)14-19)31-15-17-5-2-8-20(13-17)38-24-12-11-23-25-21(24)9-4-10-22(25)28(35)37-29(23)36/h2-14H,15H2,1H3. The van der Waals surface area contributed by atoms with E-state index in [2.05, 4.69) is 10.1 Å². The molecule has 1 amide bonds. The molecule has 0 aromatic heterocycles. The molecule has 7 nitrogen and oxygen atoms in total. The molecular weight excluding hydrogens is 522 g/mol. The lowest BCUT2D eigenvalue weighted by molar-refractivity contribution is -0.112. The zero-order valence-electron chi connectivity index (χ0n) is 20.0. The molecule has 4 aromatic carbocycles. The lowest BCUT2D eigenvalue weighted by Crippen LogP contribution is -2.27. The van der Waals surface area contributed by atoms with E-state index in [0.717, 1.165) is 20.7 Å². The van der Waals surface area contributed by atoms with Crippen LogP contribution in [0, 0.1) is 0 Å². The highest BCUT2D eigenvalue weighted by Crippen LogP contribution is 2.38. The minimum Gasteiger partial charge on any atom is -0.386 e. The van der Waals surface area contributed by atoms with Gasteiger partial charge in [0.15, 0.2) is 0 Å². The number of esters is 2. The average Bonchev–Trinajstić information content (AvgIpc) is 3.19. The Hall–Kier alpha value is -4.27. The Morgan fingerprint density at radius 3 is 2.50 bits per heavy atom. The predicted octanol–water partition coefficient (Wildman–Crippen LogP) is 6.32. The van der Waals surface area contributed by atoms with Gasteiger partial charge in [0.2, 0.25) is 0 Å². The van der Waals surface area contributed by atoms with E-state index in [1.807, 2.05) is 36.4 Å². The van der Waals surface area contributed by atoms with Crippen molar-refractivity contribution in [3.63, 3.8) is 0 Å². The molecule has 4 aromatic rings. The zero-order chi connectivity index (χ0) is 26.4. The molecule has 2 heterocycles. The van der Waals surface area contributed by atoms with Crippen molar-refractivity contribution in [2.45, 2.75) is 23.3 Å². The van der Waals surface area contributed by atoms with Crippen LogP contribution < -0.4 is 5.01 Å². The summed E-state index contributed by atoms with van der Waals surface area (Å²) in [4.78, 5) is 43.9. The Bertz CT molecular complexity index is 1730.